The van der Waals surface area contributed by atoms with Gasteiger partial charge >= 0.3 is 0 Å². The average molecular weight is 350 g/mol. The molecule has 0 N–H and O–H groups in total. The Bertz CT molecular complexity index is 382. The van der Waals surface area contributed by atoms with Gasteiger partial charge in [-0.05, 0) is 36.8 Å². The fraction of sp³-hybridized carbons (Fsp3) is 0.600. The molecule has 0 heterocycles. The van der Waals surface area contributed by atoms with Gasteiger partial charge in [-0.25, -0.2) is 0 Å². The zero-order valence-corrected chi connectivity index (χ0v) is 13.6. The molecule has 0 nitrogen and oxygen atoms in total. The molecule has 18 heavy (non-hydrogen) atoms. The van der Waals surface area contributed by atoms with Crippen LogP contribution in [0.5, 0.6) is 0 Å². The third-order valence-electron chi connectivity index (χ3n) is 4.25. The highest BCUT2D eigenvalue weighted by Gasteiger charge is 2.39. The summed E-state index contributed by atoms with van der Waals surface area (Å²) in [4.78, 5) is 0. The molecule has 0 bridgehead atoms. The van der Waals surface area contributed by atoms with Gasteiger partial charge in [0.05, 0.1) is 0 Å². The third-order valence-corrected chi connectivity index (χ3v) is 6.09. The minimum atomic E-state index is 0.0590. The van der Waals surface area contributed by atoms with E-state index in [4.69, 9.17) is 23.2 Å². The molecule has 3 heteroatoms. The van der Waals surface area contributed by atoms with Crippen LogP contribution in [0.25, 0.3) is 0 Å². The fourth-order valence-corrected chi connectivity index (χ4v) is 4.39. The average Bonchev–Trinajstić information content (AvgIpc) is 2.93. The van der Waals surface area contributed by atoms with Crippen LogP contribution in [0.1, 0.15) is 31.2 Å². The van der Waals surface area contributed by atoms with E-state index in [1.54, 1.807) is 0 Å². The summed E-state index contributed by atoms with van der Waals surface area (Å²) in [7, 11) is 0. The second-order valence-corrected chi connectivity index (χ2v) is 6.77. The van der Waals surface area contributed by atoms with Crippen molar-refractivity contribution in [2.75, 3.05) is 11.8 Å². The van der Waals surface area contributed by atoms with E-state index in [1.165, 1.54) is 35.7 Å². The molecule has 1 aromatic rings. The van der Waals surface area contributed by atoms with Gasteiger partial charge in [0.1, 0.15) is 0 Å². The predicted octanol–water partition coefficient (Wildman–Crippen LogP) is 5.65. The van der Waals surface area contributed by atoms with Crippen LogP contribution in [-0.2, 0) is 6.42 Å². The quantitative estimate of drug-likeness (QED) is 0.603. The van der Waals surface area contributed by atoms with Gasteiger partial charge < -0.3 is 0 Å². The van der Waals surface area contributed by atoms with E-state index >= 15 is 0 Å². The van der Waals surface area contributed by atoms with E-state index in [1.807, 2.05) is 6.07 Å². The lowest BCUT2D eigenvalue weighted by Crippen LogP contribution is -2.35. The van der Waals surface area contributed by atoms with Crippen molar-refractivity contribution >= 4 is 39.1 Å². The standard InChI is InChI=1S/C15H19BrCl2/c16-14-8-4-1-5-12(14)9-15(10-17,11-18)13-6-2-3-7-13/h1,4-5,8,13H,2-3,6-7,9-11H2. The van der Waals surface area contributed by atoms with Crippen molar-refractivity contribution < 1.29 is 0 Å². The molecule has 0 unspecified atom stereocenters. The molecule has 0 atom stereocenters. The van der Waals surface area contributed by atoms with Crippen LogP contribution in [0, 0.1) is 11.3 Å². The van der Waals surface area contributed by atoms with Crippen LogP contribution in [0.15, 0.2) is 28.7 Å². The molecule has 1 aliphatic rings. The molecule has 1 aliphatic carbocycles. The Morgan fingerprint density at radius 3 is 2.28 bits per heavy atom. The molecule has 0 spiro atoms. The predicted molar refractivity (Wildman–Crippen MR) is 83.7 cm³/mol. The van der Waals surface area contributed by atoms with Crippen LogP contribution in [0.3, 0.4) is 0 Å². The maximum atomic E-state index is 6.31. The van der Waals surface area contributed by atoms with Gasteiger partial charge in [0, 0.05) is 21.6 Å². The zero-order valence-electron chi connectivity index (χ0n) is 10.5. The molecule has 1 fully saturated rings. The molecule has 0 aliphatic heterocycles. The molecule has 2 rings (SSSR count). The molecule has 1 saturated carbocycles. The first-order chi connectivity index (χ1) is 8.72. The van der Waals surface area contributed by atoms with Crippen molar-refractivity contribution in [3.8, 4) is 0 Å². The summed E-state index contributed by atoms with van der Waals surface area (Å²) in [5.41, 5.74) is 1.38. The minimum Gasteiger partial charge on any atom is -0.126 e. The second-order valence-electron chi connectivity index (χ2n) is 5.38. The smallest absolute Gasteiger partial charge is 0.0297 e. The lowest BCUT2D eigenvalue weighted by molar-refractivity contribution is 0.225. The van der Waals surface area contributed by atoms with Gasteiger partial charge in [0.2, 0.25) is 0 Å². The first-order valence-corrected chi connectivity index (χ1v) is 8.43. The first kappa shape index (κ1) is 14.7. The summed E-state index contributed by atoms with van der Waals surface area (Å²) in [6.07, 6.45) is 6.20. The molecule has 0 radical (unpaired) electrons. The van der Waals surface area contributed by atoms with Crippen molar-refractivity contribution in [1.82, 2.24) is 0 Å². The van der Waals surface area contributed by atoms with E-state index in [0.29, 0.717) is 17.7 Å². The highest BCUT2D eigenvalue weighted by molar-refractivity contribution is 9.10. The summed E-state index contributed by atoms with van der Waals surface area (Å²) in [5, 5.41) is 0. The molecule has 100 valence electrons. The Balaban J connectivity index is 2.22. The molecule has 0 saturated heterocycles. The van der Waals surface area contributed by atoms with Crippen LogP contribution in [-0.4, -0.2) is 11.8 Å². The number of hydrogen-bond donors (Lipinski definition) is 0. The normalized spacial score (nSPS) is 17.3. The Kier molecular flexibility index (Phi) is 5.41. The van der Waals surface area contributed by atoms with Gasteiger partial charge in [0.15, 0.2) is 0 Å². The third kappa shape index (κ3) is 3.05. The topological polar surface area (TPSA) is 0 Å². The van der Waals surface area contributed by atoms with Crippen LogP contribution < -0.4 is 0 Å². The van der Waals surface area contributed by atoms with Crippen LogP contribution >= 0.6 is 39.1 Å². The Morgan fingerprint density at radius 1 is 1.11 bits per heavy atom. The molecule has 0 amide bonds. The summed E-state index contributed by atoms with van der Waals surface area (Å²) in [6, 6.07) is 8.40. The molecular formula is C15H19BrCl2. The molecule has 0 aromatic heterocycles. The summed E-state index contributed by atoms with van der Waals surface area (Å²) in [5.74, 6) is 1.99. The Hall–Kier alpha value is 0.280. The van der Waals surface area contributed by atoms with Gasteiger partial charge in [-0.15, -0.1) is 23.2 Å². The second kappa shape index (κ2) is 6.63. The van der Waals surface area contributed by atoms with Gasteiger partial charge in [-0.2, -0.15) is 0 Å². The van der Waals surface area contributed by atoms with Crippen molar-refractivity contribution in [1.29, 1.82) is 0 Å². The van der Waals surface area contributed by atoms with Gasteiger partial charge in [0.25, 0.3) is 0 Å². The lowest BCUT2D eigenvalue weighted by Gasteiger charge is -2.36. The SMILES string of the molecule is ClCC(CCl)(Cc1ccccc1Br)C1CCCC1. The zero-order chi connectivity index (χ0) is 13.0. The maximum absolute atomic E-state index is 6.31. The number of alkyl halides is 2. The number of benzene rings is 1. The Morgan fingerprint density at radius 2 is 1.72 bits per heavy atom. The number of halogens is 3. The van der Waals surface area contributed by atoms with Gasteiger partial charge in [-0.3, -0.25) is 0 Å². The van der Waals surface area contributed by atoms with E-state index in [0.717, 1.165) is 6.42 Å². The highest BCUT2D eigenvalue weighted by Crippen LogP contribution is 2.44. The largest absolute Gasteiger partial charge is 0.126 e. The summed E-state index contributed by atoms with van der Waals surface area (Å²) < 4.78 is 1.17. The minimum absolute atomic E-state index is 0.0590. The van der Waals surface area contributed by atoms with Crippen molar-refractivity contribution in [3.63, 3.8) is 0 Å². The van der Waals surface area contributed by atoms with Crippen molar-refractivity contribution in [2.45, 2.75) is 32.1 Å². The summed E-state index contributed by atoms with van der Waals surface area (Å²) in [6.45, 7) is 0. The van der Waals surface area contributed by atoms with Crippen molar-refractivity contribution in [3.05, 3.63) is 34.3 Å². The van der Waals surface area contributed by atoms with Crippen molar-refractivity contribution in [2.24, 2.45) is 11.3 Å². The van der Waals surface area contributed by atoms with E-state index in [9.17, 15) is 0 Å². The molecular weight excluding hydrogens is 331 g/mol. The van der Waals surface area contributed by atoms with Crippen LogP contribution in [0.4, 0.5) is 0 Å². The Labute approximate surface area is 128 Å². The monoisotopic (exact) mass is 348 g/mol. The van der Waals surface area contributed by atoms with E-state index in [-0.39, 0.29) is 5.41 Å². The number of rotatable bonds is 5. The van der Waals surface area contributed by atoms with E-state index < -0.39 is 0 Å². The maximum Gasteiger partial charge on any atom is 0.0297 e. The first-order valence-electron chi connectivity index (χ1n) is 6.57. The van der Waals surface area contributed by atoms with Crippen LogP contribution in [0.2, 0.25) is 0 Å². The summed E-state index contributed by atoms with van der Waals surface area (Å²) >= 11 is 16.2. The molecule has 1 aromatic carbocycles. The highest BCUT2D eigenvalue weighted by atomic mass is 79.9. The lowest BCUT2D eigenvalue weighted by atomic mass is 9.73. The van der Waals surface area contributed by atoms with E-state index in [2.05, 4.69) is 34.1 Å². The number of hydrogen-bond acceptors (Lipinski definition) is 0. The van der Waals surface area contributed by atoms with Gasteiger partial charge in [-0.1, -0.05) is 47.0 Å². The fourth-order valence-electron chi connectivity index (χ4n) is 3.05.